The van der Waals surface area contributed by atoms with Gasteiger partial charge < -0.3 is 15.0 Å². The fourth-order valence-electron chi connectivity index (χ4n) is 2.10. The predicted molar refractivity (Wildman–Crippen MR) is 83.3 cm³/mol. The van der Waals surface area contributed by atoms with Crippen LogP contribution in [0.3, 0.4) is 0 Å². The van der Waals surface area contributed by atoms with E-state index >= 15 is 0 Å². The van der Waals surface area contributed by atoms with Gasteiger partial charge in [-0.1, -0.05) is 20.8 Å². The molecule has 0 amide bonds. The van der Waals surface area contributed by atoms with E-state index in [4.69, 9.17) is 4.74 Å². The highest BCUT2D eigenvalue weighted by molar-refractivity contribution is 5.25. The lowest BCUT2D eigenvalue weighted by molar-refractivity contribution is 0.359. The summed E-state index contributed by atoms with van der Waals surface area (Å²) in [5, 5.41) is 7.94. The van der Waals surface area contributed by atoms with Crippen molar-refractivity contribution in [2.45, 2.75) is 39.8 Å². The van der Waals surface area contributed by atoms with Crippen molar-refractivity contribution in [3.8, 4) is 5.75 Å². The smallest absolute Gasteiger partial charge is 0.159 e. The standard InChI is InChI=1S/C15H30N4O/c1-12(2)16-10-13(3)9-14-15(20-6)11-17-19(14)8-7-18(4)5/h11-13,16H,7-10H2,1-6H3. The fourth-order valence-corrected chi connectivity index (χ4v) is 2.10. The Morgan fingerprint density at radius 2 is 2.05 bits per heavy atom. The number of methoxy groups -OCH3 is 1. The van der Waals surface area contributed by atoms with Gasteiger partial charge in [0.05, 0.1) is 25.5 Å². The van der Waals surface area contributed by atoms with Crippen molar-refractivity contribution in [3.05, 3.63) is 11.9 Å². The molecule has 0 aliphatic carbocycles. The van der Waals surface area contributed by atoms with Crippen molar-refractivity contribution < 1.29 is 4.74 Å². The van der Waals surface area contributed by atoms with E-state index in [0.717, 1.165) is 31.8 Å². The molecule has 1 N–H and O–H groups in total. The minimum atomic E-state index is 0.526. The molecule has 116 valence electrons. The highest BCUT2D eigenvalue weighted by atomic mass is 16.5. The van der Waals surface area contributed by atoms with Gasteiger partial charge >= 0.3 is 0 Å². The first kappa shape index (κ1) is 17.0. The van der Waals surface area contributed by atoms with E-state index in [1.807, 2.05) is 6.20 Å². The molecule has 1 unspecified atom stereocenters. The lowest BCUT2D eigenvalue weighted by Crippen LogP contribution is -2.29. The molecule has 0 radical (unpaired) electrons. The number of ether oxygens (including phenoxy) is 1. The fraction of sp³-hybridized carbons (Fsp3) is 0.800. The second-order valence-corrected chi connectivity index (χ2v) is 6.06. The van der Waals surface area contributed by atoms with Crippen molar-refractivity contribution >= 4 is 0 Å². The van der Waals surface area contributed by atoms with Crippen molar-refractivity contribution in [1.29, 1.82) is 0 Å². The van der Waals surface area contributed by atoms with Crippen LogP contribution in [-0.2, 0) is 13.0 Å². The summed E-state index contributed by atoms with van der Waals surface area (Å²) in [5.41, 5.74) is 1.20. The lowest BCUT2D eigenvalue weighted by Gasteiger charge is -2.17. The van der Waals surface area contributed by atoms with E-state index in [1.54, 1.807) is 7.11 Å². The Labute approximate surface area is 123 Å². The number of likely N-dealkylation sites (N-methyl/N-ethyl adjacent to an activating group) is 1. The monoisotopic (exact) mass is 282 g/mol. The van der Waals surface area contributed by atoms with E-state index in [9.17, 15) is 0 Å². The molecule has 0 saturated heterocycles. The summed E-state index contributed by atoms with van der Waals surface area (Å²) < 4.78 is 7.52. The first-order valence-electron chi connectivity index (χ1n) is 7.40. The van der Waals surface area contributed by atoms with Gasteiger partial charge in [0.15, 0.2) is 5.75 Å². The molecular weight excluding hydrogens is 252 g/mol. The molecule has 20 heavy (non-hydrogen) atoms. The van der Waals surface area contributed by atoms with Gasteiger partial charge in [-0.3, -0.25) is 4.68 Å². The van der Waals surface area contributed by atoms with E-state index < -0.39 is 0 Å². The zero-order valence-corrected chi connectivity index (χ0v) is 13.8. The van der Waals surface area contributed by atoms with Crippen LogP contribution in [0.5, 0.6) is 5.75 Å². The molecule has 5 nitrogen and oxygen atoms in total. The minimum Gasteiger partial charge on any atom is -0.493 e. The molecule has 0 fully saturated rings. The number of hydrogen-bond donors (Lipinski definition) is 1. The van der Waals surface area contributed by atoms with Gasteiger partial charge in [0.1, 0.15) is 0 Å². The van der Waals surface area contributed by atoms with Crippen molar-refractivity contribution in [2.75, 3.05) is 34.3 Å². The number of aromatic nitrogens is 2. The van der Waals surface area contributed by atoms with Crippen molar-refractivity contribution in [2.24, 2.45) is 5.92 Å². The zero-order valence-electron chi connectivity index (χ0n) is 13.8. The molecule has 1 aromatic heterocycles. The van der Waals surface area contributed by atoms with Crippen LogP contribution in [0.15, 0.2) is 6.20 Å². The maximum atomic E-state index is 5.44. The third-order valence-electron chi connectivity index (χ3n) is 3.31. The largest absolute Gasteiger partial charge is 0.493 e. The molecular formula is C15H30N4O. The Bertz CT molecular complexity index is 387. The quantitative estimate of drug-likeness (QED) is 0.747. The van der Waals surface area contributed by atoms with Gasteiger partial charge in [0.25, 0.3) is 0 Å². The molecule has 1 heterocycles. The van der Waals surface area contributed by atoms with Gasteiger partial charge in [0, 0.05) is 12.6 Å². The molecule has 1 rings (SSSR count). The van der Waals surface area contributed by atoms with E-state index in [-0.39, 0.29) is 0 Å². The third-order valence-corrected chi connectivity index (χ3v) is 3.31. The SMILES string of the molecule is COc1cnn(CCN(C)C)c1CC(C)CNC(C)C. The Morgan fingerprint density at radius 1 is 1.35 bits per heavy atom. The Morgan fingerprint density at radius 3 is 2.60 bits per heavy atom. The number of nitrogens with zero attached hydrogens (tertiary/aromatic N) is 3. The summed E-state index contributed by atoms with van der Waals surface area (Å²) >= 11 is 0. The predicted octanol–water partition coefficient (Wildman–Crippen LogP) is 1.63. The summed E-state index contributed by atoms with van der Waals surface area (Å²) in [7, 11) is 5.87. The second kappa shape index (κ2) is 8.27. The minimum absolute atomic E-state index is 0.526. The maximum absolute atomic E-state index is 5.44. The normalized spacial score (nSPS) is 13.2. The molecule has 5 heteroatoms. The van der Waals surface area contributed by atoms with Gasteiger partial charge in [-0.15, -0.1) is 0 Å². The van der Waals surface area contributed by atoms with Crippen molar-refractivity contribution in [1.82, 2.24) is 20.0 Å². The molecule has 0 bridgehead atoms. The van der Waals surface area contributed by atoms with Gasteiger partial charge in [-0.05, 0) is 33.0 Å². The first-order chi connectivity index (χ1) is 9.43. The summed E-state index contributed by atoms with van der Waals surface area (Å²) in [6.45, 7) is 9.51. The van der Waals surface area contributed by atoms with Gasteiger partial charge in [0.2, 0.25) is 0 Å². The Balaban J connectivity index is 2.67. The van der Waals surface area contributed by atoms with Crippen LogP contribution in [0.1, 0.15) is 26.5 Å². The number of rotatable bonds is 9. The van der Waals surface area contributed by atoms with E-state index in [1.165, 1.54) is 5.69 Å². The van der Waals surface area contributed by atoms with Crippen LogP contribution in [0.4, 0.5) is 0 Å². The van der Waals surface area contributed by atoms with Gasteiger partial charge in [-0.25, -0.2) is 0 Å². The number of nitrogens with one attached hydrogen (secondary N) is 1. The van der Waals surface area contributed by atoms with E-state index in [0.29, 0.717) is 12.0 Å². The molecule has 0 aromatic carbocycles. The van der Waals surface area contributed by atoms with Crippen LogP contribution in [0.2, 0.25) is 0 Å². The highest BCUT2D eigenvalue weighted by Gasteiger charge is 2.15. The van der Waals surface area contributed by atoms with Crippen molar-refractivity contribution in [3.63, 3.8) is 0 Å². The second-order valence-electron chi connectivity index (χ2n) is 6.06. The van der Waals surface area contributed by atoms with E-state index in [2.05, 4.69) is 54.9 Å². The maximum Gasteiger partial charge on any atom is 0.159 e. The summed E-state index contributed by atoms with van der Waals surface area (Å²) in [5.74, 6) is 1.46. The summed E-state index contributed by atoms with van der Waals surface area (Å²) in [6.07, 6.45) is 2.81. The Hall–Kier alpha value is -1.07. The van der Waals surface area contributed by atoms with Crippen LogP contribution < -0.4 is 10.1 Å². The summed E-state index contributed by atoms with van der Waals surface area (Å²) in [6, 6.07) is 0.526. The number of hydrogen-bond acceptors (Lipinski definition) is 4. The molecule has 0 aliphatic heterocycles. The van der Waals surface area contributed by atoms with Crippen LogP contribution >= 0.6 is 0 Å². The summed E-state index contributed by atoms with van der Waals surface area (Å²) in [4.78, 5) is 2.17. The molecule has 1 atom stereocenters. The van der Waals surface area contributed by atoms with Gasteiger partial charge in [-0.2, -0.15) is 5.10 Å². The topological polar surface area (TPSA) is 42.3 Å². The third kappa shape index (κ3) is 5.51. The average Bonchev–Trinajstić information content (AvgIpc) is 2.76. The lowest BCUT2D eigenvalue weighted by atomic mass is 10.0. The average molecular weight is 282 g/mol. The molecule has 0 spiro atoms. The van der Waals surface area contributed by atoms with Crippen LogP contribution in [0, 0.1) is 5.92 Å². The Kier molecular flexibility index (Phi) is 7.02. The first-order valence-corrected chi connectivity index (χ1v) is 7.40. The molecule has 0 saturated carbocycles. The van der Waals surface area contributed by atoms with Crippen LogP contribution in [-0.4, -0.2) is 55.0 Å². The van der Waals surface area contributed by atoms with Crippen LogP contribution in [0.25, 0.3) is 0 Å². The zero-order chi connectivity index (χ0) is 15.1. The molecule has 1 aromatic rings. The highest BCUT2D eigenvalue weighted by Crippen LogP contribution is 2.21. The molecule has 0 aliphatic rings.